The Kier molecular flexibility index (Phi) is 5.67. The number of rotatable bonds is 9. The quantitative estimate of drug-likeness (QED) is 0.740. The fourth-order valence-corrected chi connectivity index (χ4v) is 2.24. The summed E-state index contributed by atoms with van der Waals surface area (Å²) in [5.41, 5.74) is 1.29. The van der Waals surface area contributed by atoms with Crippen LogP contribution in [-0.4, -0.2) is 38.2 Å². The third-order valence-electron chi connectivity index (χ3n) is 3.64. The van der Waals surface area contributed by atoms with Crippen LogP contribution in [0, 0.1) is 5.92 Å². The lowest BCUT2D eigenvalue weighted by molar-refractivity contribution is 0.210. The number of ether oxygens (including phenoxy) is 1. The lowest BCUT2D eigenvalue weighted by Gasteiger charge is -2.20. The van der Waals surface area contributed by atoms with Gasteiger partial charge in [-0.3, -0.25) is 4.90 Å². The first-order chi connectivity index (χ1) is 9.31. The van der Waals surface area contributed by atoms with Gasteiger partial charge in [0.05, 0.1) is 0 Å². The highest BCUT2D eigenvalue weighted by Crippen LogP contribution is 2.29. The average molecular weight is 262 g/mol. The van der Waals surface area contributed by atoms with Crippen LogP contribution in [0.5, 0.6) is 5.75 Å². The first-order valence-electron chi connectivity index (χ1n) is 7.40. The molecule has 1 aromatic rings. The van der Waals surface area contributed by atoms with E-state index in [9.17, 15) is 0 Å². The van der Waals surface area contributed by atoms with Gasteiger partial charge in [-0.2, -0.15) is 0 Å². The molecule has 0 heterocycles. The first kappa shape index (κ1) is 14.4. The third kappa shape index (κ3) is 5.21. The molecule has 0 atom stereocenters. The van der Waals surface area contributed by atoms with Crippen molar-refractivity contribution in [1.29, 1.82) is 0 Å². The van der Waals surface area contributed by atoms with E-state index in [0.29, 0.717) is 0 Å². The molecule has 0 aliphatic heterocycles. The van der Waals surface area contributed by atoms with E-state index in [1.54, 1.807) is 0 Å². The minimum absolute atomic E-state index is 0.784. The van der Waals surface area contributed by atoms with Crippen LogP contribution in [0.3, 0.4) is 0 Å². The van der Waals surface area contributed by atoms with E-state index in [1.807, 2.05) is 7.05 Å². The molecule has 0 amide bonds. The molecule has 3 nitrogen and oxygen atoms in total. The third-order valence-corrected chi connectivity index (χ3v) is 3.64. The van der Waals surface area contributed by atoms with Gasteiger partial charge in [0.1, 0.15) is 12.4 Å². The highest BCUT2D eigenvalue weighted by atomic mass is 16.5. The predicted octanol–water partition coefficient (Wildman–Crippen LogP) is 2.52. The average Bonchev–Trinajstić information content (AvgIpc) is 3.24. The Balaban J connectivity index is 1.68. The highest BCUT2D eigenvalue weighted by Gasteiger charge is 2.23. The molecular weight excluding hydrogens is 236 g/mol. The lowest BCUT2D eigenvalue weighted by Crippen LogP contribution is -2.30. The zero-order chi connectivity index (χ0) is 13.5. The summed E-state index contributed by atoms with van der Waals surface area (Å²) in [7, 11) is 1.96. The van der Waals surface area contributed by atoms with Crippen LogP contribution in [0.1, 0.15) is 25.3 Å². The lowest BCUT2D eigenvalue weighted by atomic mass is 10.2. The second-order valence-corrected chi connectivity index (χ2v) is 5.36. The standard InChI is InChI=1S/C16H26N2O/c1-3-18(13-15-4-5-15)10-11-19-16-8-6-14(7-9-16)12-17-2/h6-9,15,17H,3-5,10-13H2,1-2H3. The normalized spacial score (nSPS) is 14.9. The summed E-state index contributed by atoms with van der Waals surface area (Å²) in [4.78, 5) is 2.49. The summed E-state index contributed by atoms with van der Waals surface area (Å²) in [6.07, 6.45) is 2.84. The molecule has 1 fully saturated rings. The van der Waals surface area contributed by atoms with Crippen molar-refractivity contribution in [1.82, 2.24) is 10.2 Å². The van der Waals surface area contributed by atoms with Crippen LogP contribution in [0.25, 0.3) is 0 Å². The van der Waals surface area contributed by atoms with Gasteiger partial charge < -0.3 is 10.1 Å². The van der Waals surface area contributed by atoms with Crippen molar-refractivity contribution >= 4 is 0 Å². The Morgan fingerprint density at radius 3 is 2.58 bits per heavy atom. The van der Waals surface area contributed by atoms with Gasteiger partial charge >= 0.3 is 0 Å². The predicted molar refractivity (Wildman–Crippen MR) is 79.5 cm³/mol. The molecule has 0 radical (unpaired) electrons. The number of benzene rings is 1. The molecule has 0 bridgehead atoms. The zero-order valence-electron chi connectivity index (χ0n) is 12.2. The van der Waals surface area contributed by atoms with Crippen LogP contribution in [0.15, 0.2) is 24.3 Å². The van der Waals surface area contributed by atoms with Gasteiger partial charge in [-0.1, -0.05) is 19.1 Å². The summed E-state index contributed by atoms with van der Waals surface area (Å²) in [5.74, 6) is 1.93. The Morgan fingerprint density at radius 1 is 1.26 bits per heavy atom. The number of nitrogens with one attached hydrogen (secondary N) is 1. The van der Waals surface area contributed by atoms with Crippen LogP contribution >= 0.6 is 0 Å². The number of hydrogen-bond donors (Lipinski definition) is 1. The molecule has 1 aromatic carbocycles. The largest absolute Gasteiger partial charge is 0.492 e. The Hall–Kier alpha value is -1.06. The summed E-state index contributed by atoms with van der Waals surface area (Å²) >= 11 is 0. The molecule has 0 spiro atoms. The van der Waals surface area contributed by atoms with Crippen LogP contribution in [0.4, 0.5) is 0 Å². The van der Waals surface area contributed by atoms with Crippen LogP contribution in [-0.2, 0) is 6.54 Å². The molecule has 106 valence electrons. The number of likely N-dealkylation sites (N-methyl/N-ethyl adjacent to an activating group) is 1. The fraction of sp³-hybridized carbons (Fsp3) is 0.625. The van der Waals surface area contributed by atoms with Crippen molar-refractivity contribution in [3.8, 4) is 5.75 Å². The molecule has 1 aliphatic rings. The van der Waals surface area contributed by atoms with Crippen molar-refractivity contribution < 1.29 is 4.74 Å². The molecule has 1 N–H and O–H groups in total. The molecule has 1 aliphatic carbocycles. The maximum atomic E-state index is 5.81. The van der Waals surface area contributed by atoms with Gasteiger partial charge in [0, 0.05) is 19.6 Å². The van der Waals surface area contributed by atoms with Crippen LogP contribution in [0.2, 0.25) is 0 Å². The van der Waals surface area contributed by atoms with Gasteiger partial charge in [-0.15, -0.1) is 0 Å². The van der Waals surface area contributed by atoms with E-state index in [1.165, 1.54) is 24.9 Å². The van der Waals surface area contributed by atoms with Crippen molar-refractivity contribution in [3.63, 3.8) is 0 Å². The van der Waals surface area contributed by atoms with Crippen molar-refractivity contribution in [2.24, 2.45) is 5.92 Å². The van der Waals surface area contributed by atoms with Crippen molar-refractivity contribution in [2.75, 3.05) is 33.3 Å². The topological polar surface area (TPSA) is 24.5 Å². The molecule has 0 aromatic heterocycles. The molecule has 19 heavy (non-hydrogen) atoms. The van der Waals surface area contributed by atoms with Gasteiger partial charge in [0.15, 0.2) is 0 Å². The van der Waals surface area contributed by atoms with E-state index in [0.717, 1.165) is 37.9 Å². The molecule has 0 unspecified atom stereocenters. The smallest absolute Gasteiger partial charge is 0.119 e. The second kappa shape index (κ2) is 7.51. The molecular formula is C16H26N2O. The van der Waals surface area contributed by atoms with E-state index < -0.39 is 0 Å². The minimum Gasteiger partial charge on any atom is -0.492 e. The molecule has 3 heteroatoms. The monoisotopic (exact) mass is 262 g/mol. The second-order valence-electron chi connectivity index (χ2n) is 5.36. The van der Waals surface area contributed by atoms with E-state index in [4.69, 9.17) is 4.74 Å². The van der Waals surface area contributed by atoms with Gasteiger partial charge in [-0.25, -0.2) is 0 Å². The molecule has 2 rings (SSSR count). The fourth-order valence-electron chi connectivity index (χ4n) is 2.24. The van der Waals surface area contributed by atoms with Gasteiger partial charge in [-0.05, 0) is 50.0 Å². The maximum Gasteiger partial charge on any atom is 0.119 e. The van der Waals surface area contributed by atoms with Gasteiger partial charge in [0.2, 0.25) is 0 Å². The number of hydrogen-bond acceptors (Lipinski definition) is 3. The van der Waals surface area contributed by atoms with Crippen LogP contribution < -0.4 is 10.1 Å². The first-order valence-corrected chi connectivity index (χ1v) is 7.40. The summed E-state index contributed by atoms with van der Waals surface area (Å²) in [5, 5.41) is 3.15. The van der Waals surface area contributed by atoms with E-state index in [2.05, 4.69) is 41.4 Å². The number of nitrogens with zero attached hydrogens (tertiary/aromatic N) is 1. The van der Waals surface area contributed by atoms with Crippen molar-refractivity contribution in [3.05, 3.63) is 29.8 Å². The zero-order valence-corrected chi connectivity index (χ0v) is 12.2. The van der Waals surface area contributed by atoms with Crippen molar-refractivity contribution in [2.45, 2.75) is 26.3 Å². The molecule has 0 saturated heterocycles. The summed E-state index contributed by atoms with van der Waals surface area (Å²) in [6, 6.07) is 8.36. The van der Waals surface area contributed by atoms with E-state index >= 15 is 0 Å². The summed E-state index contributed by atoms with van der Waals surface area (Å²) in [6.45, 7) is 7.33. The van der Waals surface area contributed by atoms with E-state index in [-0.39, 0.29) is 0 Å². The Labute approximate surface area is 116 Å². The minimum atomic E-state index is 0.784. The molecule has 1 saturated carbocycles. The maximum absolute atomic E-state index is 5.81. The SMILES string of the molecule is CCN(CCOc1ccc(CNC)cc1)CC1CC1. The summed E-state index contributed by atoms with van der Waals surface area (Å²) < 4.78 is 5.81. The Morgan fingerprint density at radius 2 is 2.00 bits per heavy atom. The Bertz CT molecular complexity index is 360. The van der Waals surface area contributed by atoms with Gasteiger partial charge in [0.25, 0.3) is 0 Å². The highest BCUT2D eigenvalue weighted by molar-refractivity contribution is 5.27.